The van der Waals surface area contributed by atoms with Gasteiger partial charge in [0.1, 0.15) is 11.9 Å². The molecule has 2 bridgehead atoms. The van der Waals surface area contributed by atoms with Gasteiger partial charge in [0.15, 0.2) is 5.78 Å². The number of hydrogen-bond donors (Lipinski definition) is 0. The molecule has 0 aromatic carbocycles. The fourth-order valence-electron chi connectivity index (χ4n) is 4.33. The van der Waals surface area contributed by atoms with Crippen LogP contribution in [0.2, 0.25) is 0 Å². The molecule has 1 spiro atoms. The summed E-state index contributed by atoms with van der Waals surface area (Å²) in [5, 5.41) is 0. The van der Waals surface area contributed by atoms with Gasteiger partial charge in [0.2, 0.25) is 0 Å². The molecule has 1 aromatic rings. The molecule has 0 N–H and O–H groups in total. The number of rotatable bonds is 0. The van der Waals surface area contributed by atoms with Crippen molar-refractivity contribution in [3.05, 3.63) is 23.7 Å². The summed E-state index contributed by atoms with van der Waals surface area (Å²) in [5.41, 5.74) is -0.682. The molecular weight excluding hydrogens is 232 g/mol. The standard InChI is InChI=1S/C14H14O4/c1-7-9-5-13(2)11(15)8-3-4-17-10(8)6-14(7,13)12(16)18-9/h3-4,7,9H,5-6H2,1-2H3/t7-,9-,13+,14+/m1/s1. The lowest BCUT2D eigenvalue weighted by Gasteiger charge is -2.44. The minimum Gasteiger partial charge on any atom is -0.469 e. The first kappa shape index (κ1) is 10.4. The molecule has 0 amide bonds. The van der Waals surface area contributed by atoms with Crippen LogP contribution in [0.3, 0.4) is 0 Å². The van der Waals surface area contributed by atoms with E-state index in [4.69, 9.17) is 9.15 Å². The highest BCUT2D eigenvalue weighted by atomic mass is 16.6. The van der Waals surface area contributed by atoms with Crippen LogP contribution in [0.4, 0.5) is 0 Å². The number of carbonyl (C=O) groups excluding carboxylic acids is 2. The predicted octanol–water partition coefficient (Wildman–Crippen LogP) is 1.98. The zero-order valence-electron chi connectivity index (χ0n) is 10.4. The van der Waals surface area contributed by atoms with Crippen molar-refractivity contribution in [2.24, 2.45) is 16.7 Å². The first-order chi connectivity index (χ1) is 8.50. The Morgan fingerprint density at radius 2 is 2.17 bits per heavy atom. The summed E-state index contributed by atoms with van der Waals surface area (Å²) < 4.78 is 10.8. The molecule has 2 fully saturated rings. The molecule has 4 heteroatoms. The maximum absolute atomic E-state index is 12.7. The first-order valence-electron chi connectivity index (χ1n) is 6.33. The Labute approximate surface area is 104 Å². The van der Waals surface area contributed by atoms with Crippen molar-refractivity contribution in [3.8, 4) is 0 Å². The average molecular weight is 246 g/mol. The molecule has 4 rings (SSSR count). The van der Waals surface area contributed by atoms with Crippen LogP contribution in [-0.4, -0.2) is 17.9 Å². The number of hydrogen-bond acceptors (Lipinski definition) is 4. The van der Waals surface area contributed by atoms with Crippen LogP contribution in [0, 0.1) is 16.7 Å². The third-order valence-electron chi connectivity index (χ3n) is 5.48. The fraction of sp³-hybridized carbons (Fsp3) is 0.571. The summed E-state index contributed by atoms with van der Waals surface area (Å²) in [5.74, 6) is 0.550. The van der Waals surface area contributed by atoms with Gasteiger partial charge in [-0.2, -0.15) is 0 Å². The average Bonchev–Trinajstić information content (AvgIpc) is 2.92. The van der Waals surface area contributed by atoms with Gasteiger partial charge in [-0.3, -0.25) is 9.59 Å². The van der Waals surface area contributed by atoms with E-state index in [1.807, 2.05) is 13.8 Å². The maximum Gasteiger partial charge on any atom is 0.314 e. The summed E-state index contributed by atoms with van der Waals surface area (Å²) in [6.07, 6.45) is 2.55. The van der Waals surface area contributed by atoms with Gasteiger partial charge in [-0.25, -0.2) is 0 Å². The summed E-state index contributed by atoms with van der Waals surface area (Å²) >= 11 is 0. The summed E-state index contributed by atoms with van der Waals surface area (Å²) in [7, 11) is 0. The van der Waals surface area contributed by atoms with E-state index in [0.29, 0.717) is 24.2 Å². The molecule has 94 valence electrons. The number of ketones is 1. The van der Waals surface area contributed by atoms with Crippen LogP contribution in [0.5, 0.6) is 0 Å². The van der Waals surface area contributed by atoms with E-state index < -0.39 is 10.8 Å². The summed E-state index contributed by atoms with van der Waals surface area (Å²) in [6, 6.07) is 1.72. The largest absolute Gasteiger partial charge is 0.469 e. The van der Waals surface area contributed by atoms with E-state index in [1.165, 1.54) is 6.26 Å². The smallest absolute Gasteiger partial charge is 0.314 e. The lowest BCUT2D eigenvalue weighted by Crippen LogP contribution is -2.53. The zero-order valence-corrected chi connectivity index (χ0v) is 10.4. The second-order valence-corrected chi connectivity index (χ2v) is 6.00. The Kier molecular flexibility index (Phi) is 1.56. The molecule has 1 saturated carbocycles. The highest BCUT2D eigenvalue weighted by Crippen LogP contribution is 2.66. The van der Waals surface area contributed by atoms with Crippen molar-refractivity contribution >= 4 is 11.8 Å². The number of esters is 1. The number of ether oxygens (including phenoxy) is 1. The van der Waals surface area contributed by atoms with Gasteiger partial charge in [0, 0.05) is 12.3 Å². The molecule has 0 unspecified atom stereocenters. The van der Waals surface area contributed by atoms with Gasteiger partial charge in [0.25, 0.3) is 0 Å². The maximum atomic E-state index is 12.7. The predicted molar refractivity (Wildman–Crippen MR) is 60.9 cm³/mol. The lowest BCUT2D eigenvalue weighted by molar-refractivity contribution is -0.161. The van der Waals surface area contributed by atoms with E-state index >= 15 is 0 Å². The Balaban J connectivity index is 2.01. The monoisotopic (exact) mass is 246 g/mol. The van der Waals surface area contributed by atoms with E-state index in [2.05, 4.69) is 0 Å². The van der Waals surface area contributed by atoms with Crippen molar-refractivity contribution in [1.82, 2.24) is 0 Å². The molecule has 18 heavy (non-hydrogen) atoms. The molecule has 4 atom stereocenters. The second kappa shape index (κ2) is 2.71. The number of fused-ring (bicyclic) bond motifs is 2. The van der Waals surface area contributed by atoms with Crippen LogP contribution in [0.1, 0.15) is 36.4 Å². The Bertz CT molecular complexity index is 586. The molecule has 2 heterocycles. The summed E-state index contributed by atoms with van der Waals surface area (Å²) in [6.45, 7) is 3.93. The molecular formula is C14H14O4. The SMILES string of the molecule is C[C@@H]1[C@H]2C[C@@]3(C)C(=O)c4ccoc4C[C@@]13C(=O)O2. The van der Waals surface area contributed by atoms with Crippen LogP contribution >= 0.6 is 0 Å². The Hall–Kier alpha value is -1.58. The Morgan fingerprint density at radius 3 is 2.89 bits per heavy atom. The highest BCUT2D eigenvalue weighted by Gasteiger charge is 2.75. The van der Waals surface area contributed by atoms with E-state index in [1.54, 1.807) is 6.07 Å². The van der Waals surface area contributed by atoms with Crippen molar-refractivity contribution in [1.29, 1.82) is 0 Å². The minimum atomic E-state index is -0.709. The topological polar surface area (TPSA) is 56.5 Å². The van der Waals surface area contributed by atoms with Crippen LogP contribution in [0.15, 0.2) is 16.7 Å². The summed E-state index contributed by atoms with van der Waals surface area (Å²) in [4.78, 5) is 25.0. The fourth-order valence-corrected chi connectivity index (χ4v) is 4.33. The number of Topliss-reactive ketones (excluding diaryl/α,β-unsaturated/α-hetero) is 1. The number of furan rings is 1. The molecule has 0 radical (unpaired) electrons. The van der Waals surface area contributed by atoms with Gasteiger partial charge >= 0.3 is 5.97 Å². The van der Waals surface area contributed by atoms with E-state index in [-0.39, 0.29) is 23.8 Å². The van der Waals surface area contributed by atoms with Crippen molar-refractivity contribution in [2.45, 2.75) is 32.8 Å². The molecule has 1 aromatic heterocycles. The van der Waals surface area contributed by atoms with Gasteiger partial charge in [-0.15, -0.1) is 0 Å². The van der Waals surface area contributed by atoms with Crippen molar-refractivity contribution in [2.75, 3.05) is 0 Å². The minimum absolute atomic E-state index is 0.0449. The van der Waals surface area contributed by atoms with Crippen LogP contribution < -0.4 is 0 Å². The zero-order chi connectivity index (χ0) is 12.7. The molecule has 4 nitrogen and oxygen atoms in total. The quantitative estimate of drug-likeness (QED) is 0.657. The molecule has 3 aliphatic rings. The van der Waals surface area contributed by atoms with Gasteiger partial charge < -0.3 is 9.15 Å². The second-order valence-electron chi connectivity index (χ2n) is 6.00. The number of carbonyl (C=O) groups is 2. The third kappa shape index (κ3) is 0.788. The van der Waals surface area contributed by atoms with E-state index in [0.717, 1.165) is 0 Å². The molecule has 1 saturated heterocycles. The molecule has 1 aliphatic heterocycles. The molecule has 2 aliphatic carbocycles. The first-order valence-corrected chi connectivity index (χ1v) is 6.33. The lowest BCUT2D eigenvalue weighted by atomic mass is 9.56. The van der Waals surface area contributed by atoms with Gasteiger partial charge in [0.05, 0.1) is 22.7 Å². The van der Waals surface area contributed by atoms with Gasteiger partial charge in [-0.1, -0.05) is 13.8 Å². The van der Waals surface area contributed by atoms with E-state index in [9.17, 15) is 9.59 Å². The highest BCUT2D eigenvalue weighted by molar-refractivity contribution is 6.07. The van der Waals surface area contributed by atoms with Crippen LogP contribution in [-0.2, 0) is 16.0 Å². The van der Waals surface area contributed by atoms with Crippen molar-refractivity contribution in [3.63, 3.8) is 0 Å². The third-order valence-corrected chi connectivity index (χ3v) is 5.48. The Morgan fingerprint density at radius 1 is 1.39 bits per heavy atom. The van der Waals surface area contributed by atoms with Gasteiger partial charge in [-0.05, 0) is 12.5 Å². The van der Waals surface area contributed by atoms with Crippen molar-refractivity contribution < 1.29 is 18.7 Å². The van der Waals surface area contributed by atoms with Crippen LogP contribution in [0.25, 0.3) is 0 Å². The normalized spacial score (nSPS) is 44.8.